The number of methoxy groups -OCH3 is 2. The van der Waals surface area contributed by atoms with Crippen LogP contribution in [0, 0.1) is 0 Å². The van der Waals surface area contributed by atoms with Gasteiger partial charge in [-0.15, -0.1) is 11.3 Å². The van der Waals surface area contributed by atoms with Crippen LogP contribution in [0.2, 0.25) is 0 Å². The zero-order valence-corrected chi connectivity index (χ0v) is 15.2. The first-order valence-corrected chi connectivity index (χ1v) is 9.15. The van der Waals surface area contributed by atoms with Gasteiger partial charge < -0.3 is 14.6 Å². The summed E-state index contributed by atoms with van der Waals surface area (Å²) in [6, 6.07) is 5.63. The lowest BCUT2D eigenvalue weighted by molar-refractivity contribution is 0.0702. The Bertz CT molecular complexity index is 846. The van der Waals surface area contributed by atoms with Crippen molar-refractivity contribution in [3.63, 3.8) is 0 Å². The van der Waals surface area contributed by atoms with Crippen molar-refractivity contribution in [1.29, 1.82) is 0 Å². The Kier molecular flexibility index (Phi) is 5.17. The number of benzene rings is 1. The largest absolute Gasteiger partial charge is 0.493 e. The van der Waals surface area contributed by atoms with Crippen LogP contribution in [0.4, 0.5) is 5.69 Å². The summed E-state index contributed by atoms with van der Waals surface area (Å²) in [5.74, 6) is -0.369. The van der Waals surface area contributed by atoms with Gasteiger partial charge in [0.1, 0.15) is 9.77 Å². The second kappa shape index (κ2) is 6.77. The molecule has 0 amide bonds. The van der Waals surface area contributed by atoms with Crippen LogP contribution in [0.15, 0.2) is 32.9 Å². The molecule has 0 radical (unpaired) electrons. The second-order valence-corrected chi connectivity index (χ2v) is 8.25. The van der Waals surface area contributed by atoms with Crippen molar-refractivity contribution in [2.24, 2.45) is 0 Å². The zero-order valence-electron chi connectivity index (χ0n) is 12.0. The minimum absolute atomic E-state index is 0.0791. The highest BCUT2D eigenvalue weighted by Crippen LogP contribution is 2.34. The molecule has 7 nitrogen and oxygen atoms in total. The number of sulfonamides is 1. The number of carboxylic acids is 1. The Morgan fingerprint density at radius 1 is 1.22 bits per heavy atom. The molecule has 1 aromatic carbocycles. The van der Waals surface area contributed by atoms with E-state index in [0.717, 1.165) is 17.4 Å². The van der Waals surface area contributed by atoms with E-state index in [1.165, 1.54) is 26.4 Å². The first-order chi connectivity index (χ1) is 10.8. The van der Waals surface area contributed by atoms with Crippen molar-refractivity contribution in [3.8, 4) is 11.5 Å². The van der Waals surface area contributed by atoms with Crippen LogP contribution >= 0.6 is 27.3 Å². The summed E-state index contributed by atoms with van der Waals surface area (Å²) in [4.78, 5) is 10.7. The monoisotopic (exact) mass is 421 g/mol. The lowest BCUT2D eigenvalue weighted by Crippen LogP contribution is -2.12. The predicted molar refractivity (Wildman–Crippen MR) is 89.3 cm³/mol. The quantitative estimate of drug-likeness (QED) is 0.742. The van der Waals surface area contributed by atoms with Crippen LogP contribution in [0.1, 0.15) is 9.67 Å². The van der Waals surface area contributed by atoms with Gasteiger partial charge in [0, 0.05) is 6.07 Å². The van der Waals surface area contributed by atoms with Gasteiger partial charge in [0.2, 0.25) is 0 Å². The fourth-order valence-corrected chi connectivity index (χ4v) is 5.20. The van der Waals surface area contributed by atoms with Gasteiger partial charge in [-0.2, -0.15) is 0 Å². The van der Waals surface area contributed by atoms with E-state index in [4.69, 9.17) is 14.6 Å². The number of halogens is 1. The van der Waals surface area contributed by atoms with Gasteiger partial charge in [0.05, 0.1) is 23.7 Å². The Hall–Kier alpha value is -1.78. The maximum Gasteiger partial charge on any atom is 0.345 e. The van der Waals surface area contributed by atoms with Crippen molar-refractivity contribution >= 4 is 48.9 Å². The van der Waals surface area contributed by atoms with Crippen LogP contribution < -0.4 is 14.2 Å². The van der Waals surface area contributed by atoms with Gasteiger partial charge in [-0.25, -0.2) is 13.2 Å². The topological polar surface area (TPSA) is 102 Å². The third-order valence-electron chi connectivity index (χ3n) is 2.79. The molecular formula is C13H12BrNO6S2. The normalized spacial score (nSPS) is 11.1. The van der Waals surface area contributed by atoms with E-state index >= 15 is 0 Å². The van der Waals surface area contributed by atoms with Gasteiger partial charge in [-0.05, 0) is 34.1 Å². The number of thiophene rings is 1. The fraction of sp³-hybridized carbons (Fsp3) is 0.154. The first kappa shape index (κ1) is 17.6. The molecule has 0 unspecified atom stereocenters. The van der Waals surface area contributed by atoms with Crippen molar-refractivity contribution in [2.45, 2.75) is 4.90 Å². The van der Waals surface area contributed by atoms with Crippen molar-refractivity contribution in [3.05, 3.63) is 32.9 Å². The number of rotatable bonds is 6. The average Bonchev–Trinajstić information content (AvgIpc) is 2.90. The van der Waals surface area contributed by atoms with Gasteiger partial charge in [-0.3, -0.25) is 4.72 Å². The standard InChI is InChI=1S/C13H12BrNO6S2/c1-20-8-4-3-7(5-9(8)21-2)15-23(18,19)11-6-10(13(16)17)22-12(11)14/h3-6,15H,1-2H3,(H,16,17). The van der Waals surface area contributed by atoms with Crippen molar-refractivity contribution < 1.29 is 27.8 Å². The van der Waals surface area contributed by atoms with E-state index in [-0.39, 0.29) is 19.2 Å². The fourth-order valence-electron chi connectivity index (χ4n) is 1.75. The van der Waals surface area contributed by atoms with E-state index in [9.17, 15) is 13.2 Å². The van der Waals surface area contributed by atoms with Gasteiger partial charge in [-0.1, -0.05) is 0 Å². The highest BCUT2D eigenvalue weighted by Gasteiger charge is 2.23. The molecule has 2 N–H and O–H groups in total. The summed E-state index contributed by atoms with van der Waals surface area (Å²) in [7, 11) is -1.04. The lowest BCUT2D eigenvalue weighted by Gasteiger charge is -2.11. The van der Waals surface area contributed by atoms with E-state index in [1.54, 1.807) is 6.07 Å². The van der Waals surface area contributed by atoms with Crippen LogP contribution in [0.25, 0.3) is 0 Å². The van der Waals surface area contributed by atoms with Crippen LogP contribution in [-0.4, -0.2) is 33.7 Å². The molecule has 0 bridgehead atoms. The molecule has 0 aliphatic rings. The molecule has 23 heavy (non-hydrogen) atoms. The summed E-state index contributed by atoms with van der Waals surface area (Å²) in [6.45, 7) is 0. The minimum Gasteiger partial charge on any atom is -0.493 e. The summed E-state index contributed by atoms with van der Waals surface area (Å²) < 4.78 is 37.6. The molecule has 2 rings (SSSR count). The molecule has 124 valence electrons. The number of ether oxygens (including phenoxy) is 2. The molecule has 0 fully saturated rings. The molecule has 0 atom stereocenters. The molecule has 0 aliphatic carbocycles. The summed E-state index contributed by atoms with van der Waals surface area (Å²) >= 11 is 3.90. The van der Waals surface area contributed by atoms with Gasteiger partial charge in [0.15, 0.2) is 11.5 Å². The molecule has 0 aliphatic heterocycles. The molecule has 0 spiro atoms. The minimum atomic E-state index is -3.95. The summed E-state index contributed by atoms with van der Waals surface area (Å²) in [6.07, 6.45) is 0. The second-order valence-electron chi connectivity index (χ2n) is 4.23. The van der Waals surface area contributed by atoms with Crippen molar-refractivity contribution in [2.75, 3.05) is 18.9 Å². The highest BCUT2D eigenvalue weighted by molar-refractivity contribution is 9.11. The van der Waals surface area contributed by atoms with Crippen LogP contribution in [0.3, 0.4) is 0 Å². The Morgan fingerprint density at radius 3 is 2.39 bits per heavy atom. The first-order valence-electron chi connectivity index (χ1n) is 6.06. The summed E-state index contributed by atoms with van der Waals surface area (Å²) in [5.41, 5.74) is 0.262. The van der Waals surface area contributed by atoms with Crippen LogP contribution in [-0.2, 0) is 10.0 Å². The van der Waals surface area contributed by atoms with E-state index in [1.807, 2.05) is 0 Å². The SMILES string of the molecule is COc1ccc(NS(=O)(=O)c2cc(C(=O)O)sc2Br)cc1OC. The maximum absolute atomic E-state index is 12.4. The Labute approximate surface area is 145 Å². The van der Waals surface area contributed by atoms with E-state index in [0.29, 0.717) is 11.5 Å². The Morgan fingerprint density at radius 2 is 1.87 bits per heavy atom. The number of hydrogen-bond acceptors (Lipinski definition) is 6. The number of carbonyl (C=O) groups is 1. The average molecular weight is 422 g/mol. The molecular weight excluding hydrogens is 410 g/mol. The van der Waals surface area contributed by atoms with Crippen LogP contribution in [0.5, 0.6) is 11.5 Å². The molecule has 10 heteroatoms. The third-order valence-corrected chi connectivity index (χ3v) is 6.41. The van der Waals surface area contributed by atoms with E-state index < -0.39 is 16.0 Å². The summed E-state index contributed by atoms with van der Waals surface area (Å²) in [5, 5.41) is 8.95. The predicted octanol–water partition coefficient (Wildman–Crippen LogP) is 3.03. The molecule has 1 aromatic heterocycles. The number of hydrogen-bond donors (Lipinski definition) is 2. The number of carboxylic acid groups (broad SMARTS) is 1. The van der Waals surface area contributed by atoms with E-state index in [2.05, 4.69) is 20.7 Å². The third kappa shape index (κ3) is 3.77. The number of anilines is 1. The van der Waals surface area contributed by atoms with Gasteiger partial charge >= 0.3 is 5.97 Å². The Balaban J connectivity index is 2.37. The molecule has 2 aromatic rings. The van der Waals surface area contributed by atoms with Crippen molar-refractivity contribution in [1.82, 2.24) is 0 Å². The maximum atomic E-state index is 12.4. The zero-order chi connectivity index (χ0) is 17.2. The van der Waals surface area contributed by atoms with Gasteiger partial charge in [0.25, 0.3) is 10.0 Å². The number of aromatic carboxylic acids is 1. The molecule has 0 saturated carbocycles. The highest BCUT2D eigenvalue weighted by atomic mass is 79.9. The number of nitrogens with one attached hydrogen (secondary N) is 1. The molecule has 1 heterocycles. The lowest BCUT2D eigenvalue weighted by atomic mass is 10.3. The smallest absolute Gasteiger partial charge is 0.345 e. The molecule has 0 saturated heterocycles.